The number of nitriles is 1. The number of piperidine rings is 1. The topological polar surface area (TPSA) is 27.0 Å². The van der Waals surface area contributed by atoms with E-state index in [9.17, 15) is 5.26 Å². The smallest absolute Gasteiger partial charge is 0.0991 e. The van der Waals surface area contributed by atoms with Crippen molar-refractivity contribution in [2.24, 2.45) is 11.8 Å². The molecule has 1 saturated carbocycles. The Bertz CT molecular complexity index is 625. The molecule has 0 unspecified atom stereocenters. The van der Waals surface area contributed by atoms with E-state index in [2.05, 4.69) is 36.9 Å². The molecule has 0 amide bonds. The van der Waals surface area contributed by atoms with Gasteiger partial charge in [0.15, 0.2) is 0 Å². The largest absolute Gasteiger partial charge is 0.299 e. The average Bonchev–Trinajstić information content (AvgIpc) is 3.35. The molecular weight excluding hydrogens is 268 g/mol. The highest BCUT2D eigenvalue weighted by atomic mass is 15.2. The number of hydrogen-bond acceptors (Lipinski definition) is 2. The minimum absolute atomic E-state index is 0.297. The molecule has 1 saturated heterocycles. The zero-order valence-electron chi connectivity index (χ0n) is 13.8. The summed E-state index contributed by atoms with van der Waals surface area (Å²) in [5.74, 6) is 1.68. The van der Waals surface area contributed by atoms with E-state index in [0.717, 1.165) is 11.5 Å². The lowest BCUT2D eigenvalue weighted by Crippen LogP contribution is -2.59. The lowest BCUT2D eigenvalue weighted by molar-refractivity contribution is 0.0180. The van der Waals surface area contributed by atoms with Crippen LogP contribution in [-0.2, 0) is 11.8 Å². The van der Waals surface area contributed by atoms with Gasteiger partial charge in [-0.1, -0.05) is 19.9 Å². The van der Waals surface area contributed by atoms with Gasteiger partial charge in [0.2, 0.25) is 0 Å². The lowest BCUT2D eigenvalue weighted by Gasteiger charge is -2.56. The second kappa shape index (κ2) is 5.10. The maximum absolute atomic E-state index is 9.28. The summed E-state index contributed by atoms with van der Waals surface area (Å²) in [7, 11) is 0. The van der Waals surface area contributed by atoms with Crippen LogP contribution in [0.4, 0.5) is 0 Å². The van der Waals surface area contributed by atoms with E-state index in [1.54, 1.807) is 0 Å². The minimum Gasteiger partial charge on any atom is -0.299 e. The quantitative estimate of drug-likeness (QED) is 0.846. The van der Waals surface area contributed by atoms with Crippen LogP contribution in [0.3, 0.4) is 0 Å². The van der Waals surface area contributed by atoms with E-state index in [1.807, 2.05) is 6.07 Å². The van der Waals surface area contributed by atoms with Crippen molar-refractivity contribution in [2.45, 2.75) is 57.4 Å². The molecular formula is C20H26N2. The normalized spacial score (nSPS) is 34.0. The molecule has 2 nitrogen and oxygen atoms in total. The Labute approximate surface area is 134 Å². The van der Waals surface area contributed by atoms with E-state index in [4.69, 9.17) is 0 Å². The Balaban J connectivity index is 1.75. The van der Waals surface area contributed by atoms with Gasteiger partial charge in [0.05, 0.1) is 11.6 Å². The van der Waals surface area contributed by atoms with Gasteiger partial charge >= 0.3 is 0 Å². The van der Waals surface area contributed by atoms with E-state index < -0.39 is 0 Å². The van der Waals surface area contributed by atoms with Crippen LogP contribution >= 0.6 is 0 Å². The molecule has 0 aromatic heterocycles. The number of likely N-dealkylation sites (tertiary alicyclic amines) is 1. The van der Waals surface area contributed by atoms with Crippen LogP contribution < -0.4 is 0 Å². The van der Waals surface area contributed by atoms with Gasteiger partial charge in [0.1, 0.15) is 0 Å². The first-order chi connectivity index (χ1) is 10.7. The first-order valence-electron chi connectivity index (χ1n) is 8.95. The predicted molar refractivity (Wildman–Crippen MR) is 88.7 cm³/mol. The fourth-order valence-corrected chi connectivity index (χ4v) is 5.17. The molecule has 0 radical (unpaired) electrons. The van der Waals surface area contributed by atoms with Crippen molar-refractivity contribution in [3.63, 3.8) is 0 Å². The van der Waals surface area contributed by atoms with Crippen LogP contribution in [0.1, 0.15) is 56.2 Å². The van der Waals surface area contributed by atoms with Crippen molar-refractivity contribution >= 4 is 0 Å². The second-order valence-corrected chi connectivity index (χ2v) is 7.74. The molecule has 2 bridgehead atoms. The molecule has 1 aliphatic heterocycles. The highest BCUT2D eigenvalue weighted by Crippen LogP contribution is 2.51. The number of rotatable bonds is 3. The molecule has 0 spiro atoms. The van der Waals surface area contributed by atoms with Crippen molar-refractivity contribution in [1.82, 2.24) is 4.90 Å². The fraction of sp³-hybridized carbons (Fsp3) is 0.650. The van der Waals surface area contributed by atoms with Crippen molar-refractivity contribution < 1.29 is 0 Å². The van der Waals surface area contributed by atoms with E-state index in [-0.39, 0.29) is 0 Å². The van der Waals surface area contributed by atoms with Crippen LogP contribution in [0.15, 0.2) is 18.2 Å². The number of hydrogen-bond donors (Lipinski definition) is 0. The maximum atomic E-state index is 9.28. The van der Waals surface area contributed by atoms with Crippen molar-refractivity contribution in [2.75, 3.05) is 13.1 Å². The van der Waals surface area contributed by atoms with Gasteiger partial charge in [-0.05, 0) is 73.7 Å². The lowest BCUT2D eigenvalue weighted by atomic mass is 9.56. The number of fused-ring (bicyclic) bond motifs is 4. The molecule has 4 rings (SSSR count). The summed E-state index contributed by atoms with van der Waals surface area (Å²) < 4.78 is 0. The second-order valence-electron chi connectivity index (χ2n) is 7.74. The highest BCUT2D eigenvalue weighted by molar-refractivity contribution is 5.46. The third kappa shape index (κ3) is 2.02. The molecule has 3 aliphatic rings. The van der Waals surface area contributed by atoms with Crippen molar-refractivity contribution in [1.29, 1.82) is 5.26 Å². The Morgan fingerprint density at radius 1 is 1.36 bits per heavy atom. The van der Waals surface area contributed by atoms with Gasteiger partial charge in [-0.2, -0.15) is 5.26 Å². The van der Waals surface area contributed by atoms with Crippen LogP contribution in [0.5, 0.6) is 0 Å². The van der Waals surface area contributed by atoms with Gasteiger partial charge in [-0.25, -0.2) is 0 Å². The Morgan fingerprint density at radius 3 is 2.86 bits per heavy atom. The van der Waals surface area contributed by atoms with Gasteiger partial charge in [0.25, 0.3) is 0 Å². The van der Waals surface area contributed by atoms with Gasteiger partial charge in [-0.3, -0.25) is 4.90 Å². The Morgan fingerprint density at radius 2 is 2.18 bits per heavy atom. The van der Waals surface area contributed by atoms with E-state index in [1.165, 1.54) is 56.3 Å². The Hall–Kier alpha value is -1.33. The third-order valence-corrected chi connectivity index (χ3v) is 6.79. The van der Waals surface area contributed by atoms with E-state index in [0.29, 0.717) is 17.4 Å². The van der Waals surface area contributed by atoms with Crippen molar-refractivity contribution in [3.05, 3.63) is 34.9 Å². The van der Waals surface area contributed by atoms with Crippen LogP contribution in [0, 0.1) is 23.2 Å². The van der Waals surface area contributed by atoms with Crippen LogP contribution in [0.25, 0.3) is 0 Å². The van der Waals surface area contributed by atoms with E-state index >= 15 is 0 Å². The predicted octanol–water partition coefficient (Wildman–Crippen LogP) is 3.88. The first-order valence-corrected chi connectivity index (χ1v) is 8.95. The van der Waals surface area contributed by atoms with Gasteiger partial charge in [-0.15, -0.1) is 0 Å². The monoisotopic (exact) mass is 294 g/mol. The standard InChI is InChI=1S/C20H26N2/c1-3-20-8-9-22(13-15-4-5-15)19(14(20)2)11-17-7-6-16(12-21)10-18(17)20/h6-7,10,14-15,19H,3-5,8-9,11,13H2,1-2H3/t14-,19+,20+/m0/s1. The zero-order chi connectivity index (χ0) is 15.3. The zero-order valence-corrected chi connectivity index (χ0v) is 13.8. The molecule has 2 aliphatic carbocycles. The molecule has 0 N–H and O–H groups in total. The maximum Gasteiger partial charge on any atom is 0.0991 e. The van der Waals surface area contributed by atoms with Crippen molar-refractivity contribution in [3.8, 4) is 6.07 Å². The summed E-state index contributed by atoms with van der Waals surface area (Å²) >= 11 is 0. The fourth-order valence-electron chi connectivity index (χ4n) is 5.17. The summed E-state index contributed by atoms with van der Waals surface area (Å²) in [5, 5.41) is 9.28. The summed E-state index contributed by atoms with van der Waals surface area (Å²) in [6.45, 7) is 7.38. The average molecular weight is 294 g/mol. The summed E-state index contributed by atoms with van der Waals surface area (Å²) in [6, 6.07) is 9.49. The molecule has 2 fully saturated rings. The first kappa shape index (κ1) is 14.3. The summed E-state index contributed by atoms with van der Waals surface area (Å²) in [4.78, 5) is 2.79. The molecule has 1 aromatic rings. The summed E-state index contributed by atoms with van der Waals surface area (Å²) in [6.07, 6.45) is 6.52. The Kier molecular flexibility index (Phi) is 3.31. The van der Waals surface area contributed by atoms with Crippen LogP contribution in [-0.4, -0.2) is 24.0 Å². The molecule has 1 heterocycles. The molecule has 116 valence electrons. The number of benzene rings is 1. The third-order valence-electron chi connectivity index (χ3n) is 6.79. The van der Waals surface area contributed by atoms with Crippen LogP contribution in [0.2, 0.25) is 0 Å². The van der Waals surface area contributed by atoms with Gasteiger partial charge < -0.3 is 0 Å². The molecule has 2 heteroatoms. The molecule has 22 heavy (non-hydrogen) atoms. The minimum atomic E-state index is 0.297. The highest BCUT2D eigenvalue weighted by Gasteiger charge is 2.50. The summed E-state index contributed by atoms with van der Waals surface area (Å²) in [5.41, 5.74) is 4.12. The molecule has 3 atom stereocenters. The number of nitrogens with zero attached hydrogens (tertiary/aromatic N) is 2. The SMILES string of the molecule is CC[C@]12CCN(CC3CC3)[C@H](Cc3ccc(C#N)cc31)[C@@H]2C. The molecule has 1 aromatic carbocycles. The van der Waals surface area contributed by atoms with Gasteiger partial charge in [0, 0.05) is 18.0 Å².